The summed E-state index contributed by atoms with van der Waals surface area (Å²) in [5.41, 5.74) is 2.04. The van der Waals surface area contributed by atoms with Crippen LogP contribution in [-0.4, -0.2) is 47.2 Å². The maximum absolute atomic E-state index is 14.0. The molecule has 0 aliphatic carbocycles. The Labute approximate surface area is 217 Å². The summed E-state index contributed by atoms with van der Waals surface area (Å²) in [6, 6.07) is 11.1. The van der Waals surface area contributed by atoms with Crippen LogP contribution in [0.4, 0.5) is 10.1 Å². The van der Waals surface area contributed by atoms with E-state index in [9.17, 15) is 18.8 Å². The molecule has 36 heavy (non-hydrogen) atoms. The van der Waals surface area contributed by atoms with Gasteiger partial charge in [0.05, 0.1) is 11.6 Å². The van der Waals surface area contributed by atoms with Crippen molar-refractivity contribution in [1.82, 2.24) is 15.2 Å². The molecule has 7 nitrogen and oxygen atoms in total. The molecule has 2 N–H and O–H groups in total. The van der Waals surface area contributed by atoms with Crippen LogP contribution < -0.4 is 10.6 Å². The number of benzene rings is 2. The molecule has 188 valence electrons. The van der Waals surface area contributed by atoms with Crippen molar-refractivity contribution in [1.29, 1.82) is 0 Å². The molecular weight excluding hydrogens is 503 g/mol. The number of hydrogen-bond acceptors (Lipinski definition) is 5. The van der Waals surface area contributed by atoms with Crippen molar-refractivity contribution >= 4 is 46.3 Å². The van der Waals surface area contributed by atoms with Crippen LogP contribution in [0.2, 0.25) is 5.02 Å². The lowest BCUT2D eigenvalue weighted by molar-refractivity contribution is -0.133. The molecule has 2 heterocycles. The van der Waals surface area contributed by atoms with Gasteiger partial charge in [-0.25, -0.2) is 9.37 Å². The van der Waals surface area contributed by atoms with Gasteiger partial charge in [-0.15, -0.1) is 11.3 Å². The highest BCUT2D eigenvalue weighted by Crippen LogP contribution is 2.32. The molecule has 1 saturated heterocycles. The van der Waals surface area contributed by atoms with Gasteiger partial charge in [0.25, 0.3) is 5.91 Å². The zero-order chi connectivity index (χ0) is 25.7. The van der Waals surface area contributed by atoms with Crippen LogP contribution in [0.25, 0.3) is 11.1 Å². The van der Waals surface area contributed by atoms with E-state index in [1.807, 2.05) is 0 Å². The Morgan fingerprint density at radius 1 is 1.14 bits per heavy atom. The summed E-state index contributed by atoms with van der Waals surface area (Å²) in [4.78, 5) is 43.0. The van der Waals surface area contributed by atoms with Crippen molar-refractivity contribution in [2.24, 2.45) is 0 Å². The Hall–Kier alpha value is -3.30. The fourth-order valence-electron chi connectivity index (χ4n) is 4.05. The minimum Gasteiger partial charge on any atom is -0.347 e. The number of amides is 3. The lowest BCUT2D eigenvalue weighted by Crippen LogP contribution is -2.43. The topological polar surface area (TPSA) is 91.4 Å². The highest BCUT2D eigenvalue weighted by molar-refractivity contribution is 7.10. The summed E-state index contributed by atoms with van der Waals surface area (Å²) in [6.07, 6.45) is 1.82. The van der Waals surface area contributed by atoms with Gasteiger partial charge < -0.3 is 15.5 Å². The Morgan fingerprint density at radius 3 is 2.56 bits per heavy atom. The van der Waals surface area contributed by atoms with E-state index in [2.05, 4.69) is 15.6 Å². The lowest BCUT2D eigenvalue weighted by Gasteiger charge is -2.31. The average molecular weight is 529 g/mol. The zero-order valence-corrected chi connectivity index (χ0v) is 21.3. The zero-order valence-electron chi connectivity index (χ0n) is 19.7. The molecule has 3 aromatic rings. The van der Waals surface area contributed by atoms with Crippen LogP contribution in [0, 0.1) is 5.82 Å². The fourth-order valence-corrected chi connectivity index (χ4v) is 5.14. The highest BCUT2D eigenvalue weighted by Gasteiger charge is 2.26. The summed E-state index contributed by atoms with van der Waals surface area (Å²) in [5, 5.41) is 8.60. The number of piperidine rings is 1. The number of anilines is 1. The first kappa shape index (κ1) is 25.8. The predicted molar refractivity (Wildman–Crippen MR) is 139 cm³/mol. The number of likely N-dealkylation sites (tertiary alicyclic amines) is 1. The normalized spacial score (nSPS) is 13.9. The molecule has 0 atom stereocenters. The largest absolute Gasteiger partial charge is 0.347 e. The Morgan fingerprint density at radius 2 is 1.86 bits per heavy atom. The van der Waals surface area contributed by atoms with Crippen LogP contribution in [0.15, 0.2) is 47.8 Å². The number of thiazole rings is 1. The standard InChI is InChI=1S/C26H26ClFN4O3S/c1-2-23(33)29-14-24(34)32-11-9-17(10-12-32)26-31-22(15-36-26)25(35)30-21-8-7-19(28)13-20(21)16-3-5-18(27)6-4-16/h3-8,13,15,17H,2,9-12,14H2,1H3,(H,29,33)(H,30,35). The third-order valence-electron chi connectivity index (χ3n) is 6.09. The fraction of sp³-hybridized carbons (Fsp3) is 0.308. The molecule has 1 aliphatic rings. The summed E-state index contributed by atoms with van der Waals surface area (Å²) in [7, 11) is 0. The highest BCUT2D eigenvalue weighted by atomic mass is 35.5. The molecule has 0 spiro atoms. The van der Waals surface area contributed by atoms with Gasteiger partial charge in [-0.1, -0.05) is 30.7 Å². The van der Waals surface area contributed by atoms with Crippen molar-refractivity contribution < 1.29 is 18.8 Å². The maximum atomic E-state index is 14.0. The number of aromatic nitrogens is 1. The van der Waals surface area contributed by atoms with Gasteiger partial charge in [0, 0.05) is 47.1 Å². The van der Waals surface area contributed by atoms with E-state index in [1.54, 1.807) is 41.5 Å². The van der Waals surface area contributed by atoms with Crippen LogP contribution >= 0.6 is 22.9 Å². The first-order valence-electron chi connectivity index (χ1n) is 11.7. The monoisotopic (exact) mass is 528 g/mol. The van der Waals surface area contributed by atoms with Gasteiger partial charge in [-0.2, -0.15) is 0 Å². The number of rotatable bonds is 7. The van der Waals surface area contributed by atoms with Gasteiger partial charge in [-0.05, 0) is 48.7 Å². The van der Waals surface area contributed by atoms with Crippen molar-refractivity contribution in [3.63, 3.8) is 0 Å². The molecule has 1 fully saturated rings. The molecular formula is C26H26ClFN4O3S. The second-order valence-corrected chi connectivity index (χ2v) is 9.83. The molecule has 1 aromatic heterocycles. The minimum atomic E-state index is -0.411. The van der Waals surface area contributed by atoms with Gasteiger partial charge in [-0.3, -0.25) is 14.4 Å². The van der Waals surface area contributed by atoms with E-state index in [4.69, 9.17) is 11.6 Å². The van der Waals surface area contributed by atoms with Crippen molar-refractivity contribution in [3.8, 4) is 11.1 Å². The summed E-state index contributed by atoms with van der Waals surface area (Å²) >= 11 is 7.39. The van der Waals surface area contributed by atoms with Crippen LogP contribution in [0.5, 0.6) is 0 Å². The van der Waals surface area contributed by atoms with Crippen molar-refractivity contribution in [3.05, 3.63) is 69.4 Å². The Bertz CT molecular complexity index is 1260. The Balaban J connectivity index is 1.38. The molecule has 1 aliphatic heterocycles. The number of carbonyl (C=O) groups excluding carboxylic acids is 3. The molecule has 0 unspecified atom stereocenters. The molecule has 3 amide bonds. The van der Waals surface area contributed by atoms with Crippen molar-refractivity contribution in [2.75, 3.05) is 25.0 Å². The summed E-state index contributed by atoms with van der Waals surface area (Å²) in [6.45, 7) is 2.91. The first-order valence-corrected chi connectivity index (χ1v) is 13.0. The Kier molecular flexibility index (Phi) is 8.32. The van der Waals surface area contributed by atoms with Gasteiger partial charge in [0.1, 0.15) is 11.5 Å². The van der Waals surface area contributed by atoms with E-state index in [-0.39, 0.29) is 30.2 Å². The van der Waals surface area contributed by atoms with Crippen LogP contribution in [-0.2, 0) is 9.59 Å². The SMILES string of the molecule is CCC(=O)NCC(=O)N1CCC(c2nc(C(=O)Nc3ccc(F)cc3-c3ccc(Cl)cc3)cs2)CC1. The first-order chi connectivity index (χ1) is 17.3. The molecule has 2 aromatic carbocycles. The van der Waals surface area contributed by atoms with Crippen LogP contribution in [0.3, 0.4) is 0 Å². The van der Waals surface area contributed by atoms with E-state index in [0.29, 0.717) is 41.5 Å². The summed E-state index contributed by atoms with van der Waals surface area (Å²) in [5.74, 6) is -0.871. The smallest absolute Gasteiger partial charge is 0.275 e. The van der Waals surface area contributed by atoms with Crippen LogP contribution in [0.1, 0.15) is 47.6 Å². The second-order valence-electron chi connectivity index (χ2n) is 8.51. The number of nitrogens with zero attached hydrogens (tertiary/aromatic N) is 2. The third kappa shape index (κ3) is 6.27. The number of nitrogens with one attached hydrogen (secondary N) is 2. The average Bonchev–Trinajstić information content (AvgIpc) is 3.39. The minimum absolute atomic E-state index is 0.0142. The summed E-state index contributed by atoms with van der Waals surface area (Å²) < 4.78 is 14.0. The third-order valence-corrected chi connectivity index (χ3v) is 7.35. The quantitative estimate of drug-likeness (QED) is 0.447. The van der Waals surface area contributed by atoms with Gasteiger partial charge in [0.2, 0.25) is 11.8 Å². The number of carbonyl (C=O) groups is 3. The lowest BCUT2D eigenvalue weighted by atomic mass is 9.97. The van der Waals surface area contributed by atoms with Gasteiger partial charge in [0.15, 0.2) is 0 Å². The molecule has 0 bridgehead atoms. The molecule has 4 rings (SSSR count). The number of halogens is 2. The molecule has 10 heteroatoms. The van der Waals surface area contributed by atoms with E-state index >= 15 is 0 Å². The second kappa shape index (κ2) is 11.6. The van der Waals surface area contributed by atoms with Gasteiger partial charge >= 0.3 is 0 Å². The van der Waals surface area contributed by atoms with Crippen molar-refractivity contribution in [2.45, 2.75) is 32.1 Å². The number of hydrogen-bond donors (Lipinski definition) is 2. The molecule has 0 radical (unpaired) electrons. The predicted octanol–water partition coefficient (Wildman–Crippen LogP) is 5.09. The van der Waals surface area contributed by atoms with E-state index < -0.39 is 5.82 Å². The maximum Gasteiger partial charge on any atom is 0.275 e. The van der Waals surface area contributed by atoms with E-state index in [0.717, 1.165) is 23.4 Å². The van der Waals surface area contributed by atoms with E-state index in [1.165, 1.54) is 29.5 Å². The molecule has 0 saturated carbocycles.